The van der Waals surface area contributed by atoms with E-state index in [0.29, 0.717) is 38.6 Å². The molecule has 0 aliphatic carbocycles. The molecule has 35 heavy (non-hydrogen) atoms. The van der Waals surface area contributed by atoms with Crippen molar-refractivity contribution in [1.82, 2.24) is 0 Å². The molecule has 1 heterocycles. The molecule has 1 fully saturated rings. The highest BCUT2D eigenvalue weighted by molar-refractivity contribution is 5.82. The molecule has 1 aliphatic heterocycles. The summed E-state index contributed by atoms with van der Waals surface area (Å²) in [6, 6.07) is 14.6. The molecule has 7 heteroatoms. The van der Waals surface area contributed by atoms with E-state index in [4.69, 9.17) is 5.73 Å². The smallest absolute Gasteiger partial charge is 0.314 e. The van der Waals surface area contributed by atoms with Crippen LogP contribution in [0.3, 0.4) is 0 Å². The van der Waals surface area contributed by atoms with Gasteiger partial charge in [0.05, 0.1) is 24.4 Å². The maximum Gasteiger partial charge on any atom is 0.314 e. The topological polar surface area (TPSA) is 83.9 Å². The van der Waals surface area contributed by atoms with Crippen LogP contribution in [0.4, 0.5) is 8.78 Å². The first kappa shape index (κ1) is 26.5. The molecule has 0 bridgehead atoms. The van der Waals surface area contributed by atoms with E-state index in [0.717, 1.165) is 23.8 Å². The third kappa shape index (κ3) is 5.43. The molecule has 3 atom stereocenters. The van der Waals surface area contributed by atoms with E-state index < -0.39 is 29.0 Å². The number of nitrogens with two attached hydrogens (primary N) is 1. The van der Waals surface area contributed by atoms with E-state index >= 15 is 0 Å². The molecule has 1 saturated heterocycles. The van der Waals surface area contributed by atoms with Crippen molar-refractivity contribution >= 4 is 11.8 Å². The van der Waals surface area contributed by atoms with Crippen LogP contribution in [0.1, 0.15) is 63.5 Å². The average molecular weight is 483 g/mol. The van der Waals surface area contributed by atoms with Crippen molar-refractivity contribution in [2.75, 3.05) is 6.54 Å². The lowest BCUT2D eigenvalue weighted by Crippen LogP contribution is -2.59. The number of benzene rings is 2. The first-order chi connectivity index (χ1) is 16.7. The van der Waals surface area contributed by atoms with Gasteiger partial charge in [0, 0.05) is 18.4 Å². The molecule has 0 spiro atoms. The van der Waals surface area contributed by atoms with Gasteiger partial charge in [-0.15, -0.1) is 0 Å². The highest BCUT2D eigenvalue weighted by Gasteiger charge is 2.51. The minimum Gasteiger partial charge on any atom is -0.364 e. The molecular formula is C28H34F2N3O2+. The Hall–Kier alpha value is -3.11. The highest BCUT2D eigenvalue weighted by Crippen LogP contribution is 2.38. The van der Waals surface area contributed by atoms with E-state index in [1.54, 1.807) is 0 Å². The lowest BCUT2D eigenvalue weighted by molar-refractivity contribution is -0.871. The molecule has 0 aromatic heterocycles. The molecule has 5 nitrogen and oxygen atoms in total. The van der Waals surface area contributed by atoms with E-state index in [1.165, 1.54) is 0 Å². The minimum atomic E-state index is -0.761. The molecule has 3 rings (SSSR count). The number of quaternary nitrogens is 1. The van der Waals surface area contributed by atoms with Crippen molar-refractivity contribution in [1.29, 1.82) is 5.26 Å². The van der Waals surface area contributed by atoms with Gasteiger partial charge in [-0.1, -0.05) is 50.6 Å². The molecule has 2 amide bonds. The number of rotatable bonds is 10. The fraction of sp³-hybridized carbons (Fsp3) is 0.464. The zero-order valence-corrected chi connectivity index (χ0v) is 20.5. The van der Waals surface area contributed by atoms with Crippen LogP contribution < -0.4 is 5.73 Å². The molecule has 1 unspecified atom stereocenters. The minimum absolute atomic E-state index is 0.0684. The number of hydrogen-bond acceptors (Lipinski definition) is 3. The van der Waals surface area contributed by atoms with Gasteiger partial charge < -0.3 is 5.73 Å². The Bertz CT molecular complexity index is 1100. The number of carbonyl (C=O) groups excluding carboxylic acids is 2. The van der Waals surface area contributed by atoms with E-state index in [9.17, 15) is 23.6 Å². The summed E-state index contributed by atoms with van der Waals surface area (Å²) in [5.74, 6) is -1.91. The number of halogens is 2. The molecule has 2 aromatic rings. The number of carbonyl (C=O) groups is 2. The van der Waals surface area contributed by atoms with Crippen molar-refractivity contribution in [3.63, 3.8) is 0 Å². The van der Waals surface area contributed by atoms with Gasteiger partial charge in [0.15, 0.2) is 6.04 Å². The summed E-state index contributed by atoms with van der Waals surface area (Å²) in [5, 5.41) is 10.1. The second-order valence-corrected chi connectivity index (χ2v) is 9.92. The normalized spacial score (nSPS) is 21.4. The number of unbranched alkanes of at least 4 members (excludes halogenated alkanes) is 1. The van der Waals surface area contributed by atoms with Gasteiger partial charge in [-0.3, -0.25) is 4.79 Å². The molecular weight excluding hydrogens is 448 g/mol. The summed E-state index contributed by atoms with van der Waals surface area (Å²) in [4.78, 5) is 25.8. The molecule has 0 radical (unpaired) electrons. The van der Waals surface area contributed by atoms with Gasteiger partial charge in [0.2, 0.25) is 0 Å². The van der Waals surface area contributed by atoms with Crippen molar-refractivity contribution in [3.8, 4) is 6.07 Å². The number of primary amides is 1. The van der Waals surface area contributed by atoms with Crippen molar-refractivity contribution in [3.05, 3.63) is 71.3 Å². The van der Waals surface area contributed by atoms with Gasteiger partial charge in [0.1, 0.15) is 18.2 Å². The summed E-state index contributed by atoms with van der Waals surface area (Å²) >= 11 is 0. The molecule has 1 aliphatic rings. The van der Waals surface area contributed by atoms with Crippen LogP contribution in [-0.4, -0.2) is 28.9 Å². The lowest BCUT2D eigenvalue weighted by atomic mass is 9.69. The highest BCUT2D eigenvalue weighted by atomic mass is 19.1. The fourth-order valence-corrected chi connectivity index (χ4v) is 5.55. The van der Waals surface area contributed by atoms with Crippen molar-refractivity contribution in [2.45, 2.75) is 70.4 Å². The van der Waals surface area contributed by atoms with Gasteiger partial charge in [-0.2, -0.15) is 5.26 Å². The van der Waals surface area contributed by atoms with Gasteiger partial charge in [0.25, 0.3) is 5.91 Å². The Morgan fingerprint density at radius 2 is 1.89 bits per heavy atom. The zero-order chi connectivity index (χ0) is 25.6. The SMILES string of the molecule is CC(C)[C@@](C#N)(CCCCC(=O)[N@@+]1(Cc2cc(F)ccc2F)CCCC1C(N)=O)c1ccccc1. The number of nitriles is 1. The van der Waals surface area contributed by atoms with Crippen LogP contribution in [0.15, 0.2) is 48.5 Å². The summed E-state index contributed by atoms with van der Waals surface area (Å²) in [5.41, 5.74) is 6.02. The number of hydrogen-bond donors (Lipinski definition) is 1. The van der Waals surface area contributed by atoms with Crippen LogP contribution in [0.5, 0.6) is 0 Å². The zero-order valence-electron chi connectivity index (χ0n) is 20.5. The maximum atomic E-state index is 14.5. The number of likely N-dealkylation sites (tertiary alicyclic amines) is 1. The monoisotopic (exact) mass is 482 g/mol. The lowest BCUT2D eigenvalue weighted by Gasteiger charge is -2.36. The summed E-state index contributed by atoms with van der Waals surface area (Å²) < 4.78 is 28.0. The predicted molar refractivity (Wildman–Crippen MR) is 129 cm³/mol. The molecule has 186 valence electrons. The fourth-order valence-electron chi connectivity index (χ4n) is 5.55. The second-order valence-electron chi connectivity index (χ2n) is 9.92. The van der Waals surface area contributed by atoms with Gasteiger partial charge >= 0.3 is 5.91 Å². The first-order valence-electron chi connectivity index (χ1n) is 12.3. The third-order valence-corrected chi connectivity index (χ3v) is 7.60. The second kappa shape index (κ2) is 11.1. The summed E-state index contributed by atoms with van der Waals surface area (Å²) in [6.07, 6.45) is 2.98. The largest absolute Gasteiger partial charge is 0.364 e. The van der Waals surface area contributed by atoms with Crippen LogP contribution in [-0.2, 0) is 21.5 Å². The molecule has 2 N–H and O–H groups in total. The third-order valence-electron chi connectivity index (χ3n) is 7.60. The number of amides is 2. The van der Waals surface area contributed by atoms with Gasteiger partial charge in [-0.05, 0) is 42.5 Å². The Kier molecular flexibility index (Phi) is 8.39. The van der Waals surface area contributed by atoms with Crippen LogP contribution in [0.25, 0.3) is 0 Å². The average Bonchev–Trinajstić information content (AvgIpc) is 3.27. The Morgan fingerprint density at radius 1 is 1.17 bits per heavy atom. The quantitative estimate of drug-likeness (QED) is 0.376. The Labute approximate surface area is 206 Å². The Balaban J connectivity index is 1.77. The van der Waals surface area contributed by atoms with Crippen LogP contribution in [0.2, 0.25) is 0 Å². The predicted octanol–water partition coefficient (Wildman–Crippen LogP) is 5.13. The van der Waals surface area contributed by atoms with E-state index in [-0.39, 0.29) is 34.8 Å². The van der Waals surface area contributed by atoms with E-state index in [2.05, 4.69) is 6.07 Å². The van der Waals surface area contributed by atoms with E-state index in [1.807, 2.05) is 44.2 Å². The number of nitrogens with zero attached hydrogens (tertiary/aromatic N) is 2. The standard InChI is InChI=1S/C28H33F2N3O2/c1-20(2)28(19-31,22-9-4-3-5-10-22)15-7-6-12-26(34)33(16-8-11-25(33)27(32)35)18-21-17-23(29)13-14-24(21)30/h3-5,9-10,13-14,17,20,25H,6-8,11-12,15-16,18H2,1-2H3,(H-,32,35)/p+1/t25?,28-,33+/m0/s1. The molecule has 2 aromatic carbocycles. The van der Waals surface area contributed by atoms with Crippen molar-refractivity contribution in [2.24, 2.45) is 11.7 Å². The summed E-state index contributed by atoms with van der Waals surface area (Å²) in [6.45, 7) is 4.31. The first-order valence-corrected chi connectivity index (χ1v) is 12.3. The van der Waals surface area contributed by atoms with Crippen LogP contribution in [0, 0.1) is 28.9 Å². The maximum absolute atomic E-state index is 14.5. The summed E-state index contributed by atoms with van der Waals surface area (Å²) in [7, 11) is 0. The van der Waals surface area contributed by atoms with Crippen LogP contribution >= 0.6 is 0 Å². The van der Waals surface area contributed by atoms with Crippen molar-refractivity contribution < 1.29 is 22.9 Å². The van der Waals surface area contributed by atoms with Gasteiger partial charge in [-0.25, -0.2) is 18.1 Å². The Morgan fingerprint density at radius 3 is 2.51 bits per heavy atom. The molecule has 0 saturated carbocycles.